The number of fused-ring (bicyclic) bond motifs is 1. The molecular weight excluding hydrogens is 261 g/mol. The summed E-state index contributed by atoms with van der Waals surface area (Å²) < 4.78 is 18.5. The van der Waals surface area contributed by atoms with Crippen molar-refractivity contribution in [2.75, 3.05) is 0 Å². The van der Waals surface area contributed by atoms with E-state index in [9.17, 15) is 9.18 Å². The molecule has 0 aliphatic rings. The Bertz CT molecular complexity index is 781. The summed E-state index contributed by atoms with van der Waals surface area (Å²) in [6.45, 7) is 0. The number of benzene rings is 2. The third kappa shape index (κ3) is 2.12. The number of nitrogen functional groups attached to an aromatic ring is 1. The minimum absolute atomic E-state index is 0.327. The van der Waals surface area contributed by atoms with Crippen molar-refractivity contribution in [1.29, 1.82) is 0 Å². The highest BCUT2D eigenvalue weighted by Crippen LogP contribution is 2.25. The van der Waals surface area contributed by atoms with Crippen LogP contribution in [0.3, 0.4) is 0 Å². The van der Waals surface area contributed by atoms with Gasteiger partial charge in [0.2, 0.25) is 5.89 Å². The number of hydrogen-bond donors (Lipinski definition) is 2. The van der Waals surface area contributed by atoms with Gasteiger partial charge in [0, 0.05) is 11.1 Å². The van der Waals surface area contributed by atoms with Gasteiger partial charge in [-0.15, -0.1) is 0 Å². The van der Waals surface area contributed by atoms with Crippen LogP contribution in [0.25, 0.3) is 22.6 Å². The van der Waals surface area contributed by atoms with Gasteiger partial charge in [0.25, 0.3) is 5.91 Å². The molecule has 3 rings (SSSR count). The number of halogens is 1. The topological polar surface area (TPSA) is 81.1 Å². The highest BCUT2D eigenvalue weighted by molar-refractivity contribution is 5.96. The molecule has 0 saturated carbocycles. The normalized spacial score (nSPS) is 10.7. The average Bonchev–Trinajstić information content (AvgIpc) is 2.90. The SMILES string of the molecule is NNC(=O)c1ccc2nc(-c3ccc(F)cc3)oc2c1. The van der Waals surface area contributed by atoms with Gasteiger partial charge in [0.1, 0.15) is 11.3 Å². The summed E-state index contributed by atoms with van der Waals surface area (Å²) in [5.74, 6) is 4.71. The molecule has 0 aliphatic heterocycles. The van der Waals surface area contributed by atoms with E-state index in [-0.39, 0.29) is 5.82 Å². The van der Waals surface area contributed by atoms with Crippen molar-refractivity contribution in [3.05, 3.63) is 53.8 Å². The molecule has 100 valence electrons. The summed E-state index contributed by atoms with van der Waals surface area (Å²) in [4.78, 5) is 15.7. The fraction of sp³-hybridized carbons (Fsp3) is 0. The predicted molar refractivity (Wildman–Crippen MR) is 71.1 cm³/mol. The molecule has 1 heterocycles. The molecule has 0 atom stereocenters. The van der Waals surface area contributed by atoms with Crippen LogP contribution in [-0.2, 0) is 0 Å². The molecule has 1 aromatic heterocycles. The summed E-state index contributed by atoms with van der Waals surface area (Å²) in [5, 5.41) is 0. The van der Waals surface area contributed by atoms with Crippen molar-refractivity contribution in [2.45, 2.75) is 0 Å². The van der Waals surface area contributed by atoms with E-state index in [0.717, 1.165) is 0 Å². The number of hydrazine groups is 1. The number of carbonyl (C=O) groups excluding carboxylic acids is 1. The van der Waals surface area contributed by atoms with E-state index in [1.54, 1.807) is 30.3 Å². The summed E-state index contributed by atoms with van der Waals surface area (Å²) in [5.41, 5.74) is 4.16. The van der Waals surface area contributed by atoms with Gasteiger partial charge in [-0.25, -0.2) is 15.2 Å². The molecule has 0 saturated heterocycles. The van der Waals surface area contributed by atoms with Crippen molar-refractivity contribution >= 4 is 17.0 Å². The largest absolute Gasteiger partial charge is 0.436 e. The van der Waals surface area contributed by atoms with E-state index < -0.39 is 5.91 Å². The van der Waals surface area contributed by atoms with Crippen molar-refractivity contribution < 1.29 is 13.6 Å². The van der Waals surface area contributed by atoms with Gasteiger partial charge in [-0.05, 0) is 42.5 Å². The number of nitrogens with one attached hydrogen (secondary N) is 1. The first kappa shape index (κ1) is 12.3. The maximum Gasteiger partial charge on any atom is 0.265 e. The number of aromatic nitrogens is 1. The van der Waals surface area contributed by atoms with Crippen LogP contribution in [0.15, 0.2) is 46.9 Å². The fourth-order valence-corrected chi connectivity index (χ4v) is 1.87. The molecule has 0 bridgehead atoms. The standard InChI is InChI=1S/C14H10FN3O2/c15-10-4-1-8(2-5-10)14-17-11-6-3-9(13(19)18-16)7-12(11)20-14/h1-7H,16H2,(H,18,19). The zero-order chi connectivity index (χ0) is 14.1. The molecule has 0 radical (unpaired) electrons. The molecule has 20 heavy (non-hydrogen) atoms. The first-order chi connectivity index (χ1) is 9.67. The van der Waals surface area contributed by atoms with E-state index in [1.807, 2.05) is 5.43 Å². The Hall–Kier alpha value is -2.73. The Balaban J connectivity index is 2.06. The summed E-state index contributed by atoms with van der Waals surface area (Å²) in [6, 6.07) is 10.6. The Labute approximate surface area is 113 Å². The Kier molecular flexibility index (Phi) is 2.92. The minimum Gasteiger partial charge on any atom is -0.436 e. The lowest BCUT2D eigenvalue weighted by molar-refractivity contribution is 0.0953. The molecule has 0 aliphatic carbocycles. The highest BCUT2D eigenvalue weighted by Gasteiger charge is 2.11. The molecule has 5 nitrogen and oxygen atoms in total. The van der Waals surface area contributed by atoms with E-state index in [0.29, 0.717) is 28.1 Å². The van der Waals surface area contributed by atoms with Crippen molar-refractivity contribution in [2.24, 2.45) is 5.84 Å². The van der Waals surface area contributed by atoms with E-state index >= 15 is 0 Å². The first-order valence-electron chi connectivity index (χ1n) is 5.85. The van der Waals surface area contributed by atoms with Crippen LogP contribution in [0.5, 0.6) is 0 Å². The second-order valence-corrected chi connectivity index (χ2v) is 4.18. The van der Waals surface area contributed by atoms with Crippen LogP contribution < -0.4 is 11.3 Å². The smallest absolute Gasteiger partial charge is 0.265 e. The van der Waals surface area contributed by atoms with E-state index in [2.05, 4.69) is 4.98 Å². The van der Waals surface area contributed by atoms with Crippen LogP contribution in [0, 0.1) is 5.82 Å². The maximum absolute atomic E-state index is 12.9. The first-order valence-corrected chi connectivity index (χ1v) is 5.85. The van der Waals surface area contributed by atoms with Crippen molar-refractivity contribution in [3.63, 3.8) is 0 Å². The Morgan fingerprint density at radius 2 is 1.95 bits per heavy atom. The summed E-state index contributed by atoms with van der Waals surface area (Å²) in [6.07, 6.45) is 0. The van der Waals surface area contributed by atoms with E-state index in [4.69, 9.17) is 10.3 Å². The molecule has 0 unspecified atom stereocenters. The molecule has 0 spiro atoms. The Morgan fingerprint density at radius 3 is 2.65 bits per heavy atom. The van der Waals surface area contributed by atoms with Crippen LogP contribution in [-0.4, -0.2) is 10.9 Å². The minimum atomic E-state index is -0.411. The number of rotatable bonds is 2. The molecule has 1 amide bonds. The number of nitrogens with two attached hydrogens (primary N) is 1. The molecule has 0 fully saturated rings. The quantitative estimate of drug-likeness (QED) is 0.425. The van der Waals surface area contributed by atoms with Gasteiger partial charge in [-0.2, -0.15) is 0 Å². The zero-order valence-electron chi connectivity index (χ0n) is 10.3. The van der Waals surface area contributed by atoms with E-state index in [1.165, 1.54) is 12.1 Å². The summed E-state index contributed by atoms with van der Waals surface area (Å²) in [7, 11) is 0. The van der Waals surface area contributed by atoms with Gasteiger partial charge in [-0.1, -0.05) is 0 Å². The van der Waals surface area contributed by atoms with Gasteiger partial charge in [-0.3, -0.25) is 10.2 Å². The van der Waals surface area contributed by atoms with Gasteiger partial charge in [0.05, 0.1) is 0 Å². The number of carbonyl (C=O) groups is 1. The lowest BCUT2D eigenvalue weighted by Gasteiger charge is -1.97. The lowest BCUT2D eigenvalue weighted by Crippen LogP contribution is -2.29. The third-order valence-electron chi connectivity index (χ3n) is 2.87. The molecule has 3 N–H and O–H groups in total. The highest BCUT2D eigenvalue weighted by atomic mass is 19.1. The Morgan fingerprint density at radius 1 is 1.20 bits per heavy atom. The molecule has 6 heteroatoms. The average molecular weight is 271 g/mol. The predicted octanol–water partition coefficient (Wildman–Crippen LogP) is 2.24. The molecule has 3 aromatic rings. The second-order valence-electron chi connectivity index (χ2n) is 4.18. The lowest BCUT2D eigenvalue weighted by atomic mass is 10.2. The molecule has 2 aromatic carbocycles. The number of oxazole rings is 1. The van der Waals surface area contributed by atoms with Gasteiger partial charge < -0.3 is 4.42 Å². The maximum atomic E-state index is 12.9. The van der Waals surface area contributed by atoms with Crippen molar-refractivity contribution in [3.8, 4) is 11.5 Å². The van der Waals surface area contributed by atoms with Crippen LogP contribution in [0.2, 0.25) is 0 Å². The second kappa shape index (κ2) is 4.75. The van der Waals surface area contributed by atoms with Crippen LogP contribution in [0.1, 0.15) is 10.4 Å². The van der Waals surface area contributed by atoms with Crippen molar-refractivity contribution in [1.82, 2.24) is 10.4 Å². The van der Waals surface area contributed by atoms with Gasteiger partial charge in [0.15, 0.2) is 5.58 Å². The molecular formula is C14H10FN3O2. The fourth-order valence-electron chi connectivity index (χ4n) is 1.87. The number of hydrogen-bond acceptors (Lipinski definition) is 4. The summed E-state index contributed by atoms with van der Waals surface area (Å²) >= 11 is 0. The van der Waals surface area contributed by atoms with Crippen LogP contribution in [0.4, 0.5) is 4.39 Å². The number of amides is 1. The van der Waals surface area contributed by atoms with Gasteiger partial charge >= 0.3 is 0 Å². The van der Waals surface area contributed by atoms with Crippen LogP contribution >= 0.6 is 0 Å². The third-order valence-corrected chi connectivity index (χ3v) is 2.87. The number of nitrogens with zero attached hydrogens (tertiary/aromatic N) is 1. The zero-order valence-corrected chi connectivity index (χ0v) is 10.3. The monoisotopic (exact) mass is 271 g/mol.